The Bertz CT molecular complexity index is 485. The highest BCUT2D eigenvalue weighted by atomic mass is 127. The molecule has 1 aliphatic carbocycles. The second-order valence-electron chi connectivity index (χ2n) is 6.26. The molecule has 1 unspecified atom stereocenters. The fourth-order valence-electron chi connectivity index (χ4n) is 3.43. The molecule has 24 heavy (non-hydrogen) atoms. The molecule has 2 heterocycles. The Hall–Kier alpha value is -0.380. The zero-order valence-corrected chi connectivity index (χ0v) is 17.5. The monoisotopic (exact) mass is 464 g/mol. The molecule has 1 saturated carbocycles. The summed E-state index contributed by atoms with van der Waals surface area (Å²) in [7, 11) is 1.86. The molecule has 1 aromatic heterocycles. The average Bonchev–Trinajstić information content (AvgIpc) is 3.29. The van der Waals surface area contributed by atoms with Gasteiger partial charge in [-0.3, -0.25) is 9.89 Å². The van der Waals surface area contributed by atoms with E-state index in [9.17, 15) is 0 Å². The fraction of sp³-hybridized carbons (Fsp3) is 0.706. The molecule has 0 radical (unpaired) electrons. The summed E-state index contributed by atoms with van der Waals surface area (Å²) in [5.74, 6) is 0.937. The van der Waals surface area contributed by atoms with Crippen LogP contribution in [0, 0.1) is 0 Å². The van der Waals surface area contributed by atoms with Crippen LogP contribution >= 0.6 is 35.3 Å². The van der Waals surface area contributed by atoms with Crippen molar-refractivity contribution in [1.82, 2.24) is 15.5 Å². The van der Waals surface area contributed by atoms with Gasteiger partial charge in [0.25, 0.3) is 0 Å². The zero-order valence-electron chi connectivity index (χ0n) is 14.4. The summed E-state index contributed by atoms with van der Waals surface area (Å²) >= 11 is 1.83. The molecule has 1 aliphatic heterocycles. The third-order valence-corrected chi connectivity index (χ3v) is 5.71. The van der Waals surface area contributed by atoms with Gasteiger partial charge in [-0.05, 0) is 24.3 Å². The third kappa shape index (κ3) is 5.57. The van der Waals surface area contributed by atoms with E-state index >= 15 is 0 Å². The molecule has 0 bridgehead atoms. The highest BCUT2D eigenvalue weighted by Crippen LogP contribution is 2.25. The zero-order chi connectivity index (χ0) is 15.9. The maximum atomic E-state index is 5.51. The van der Waals surface area contributed by atoms with E-state index in [1.165, 1.54) is 30.6 Å². The molecule has 2 N–H and O–H groups in total. The van der Waals surface area contributed by atoms with Crippen molar-refractivity contribution in [2.45, 2.75) is 37.8 Å². The second-order valence-corrected chi connectivity index (χ2v) is 7.24. The number of rotatable bonds is 5. The van der Waals surface area contributed by atoms with Gasteiger partial charge in [-0.15, -0.1) is 35.3 Å². The Labute approximate surface area is 166 Å². The summed E-state index contributed by atoms with van der Waals surface area (Å²) < 4.78 is 5.51. The molecular weight excluding hydrogens is 435 g/mol. The van der Waals surface area contributed by atoms with Crippen LogP contribution < -0.4 is 10.6 Å². The summed E-state index contributed by atoms with van der Waals surface area (Å²) in [6, 6.07) is 5.35. The highest BCUT2D eigenvalue weighted by Gasteiger charge is 2.24. The van der Waals surface area contributed by atoms with Crippen LogP contribution in [0.3, 0.4) is 0 Å². The van der Waals surface area contributed by atoms with E-state index in [0.29, 0.717) is 12.1 Å². The SMILES string of the molecule is CN=C(NCC(c1cccs1)N1CCOCC1)NC1CCCC1.I. The van der Waals surface area contributed by atoms with Crippen LogP contribution in [0.2, 0.25) is 0 Å². The van der Waals surface area contributed by atoms with E-state index in [4.69, 9.17) is 4.74 Å². The maximum absolute atomic E-state index is 5.51. The molecule has 136 valence electrons. The molecule has 7 heteroatoms. The maximum Gasteiger partial charge on any atom is 0.191 e. The van der Waals surface area contributed by atoms with E-state index in [1.54, 1.807) is 0 Å². The lowest BCUT2D eigenvalue weighted by atomic mass is 10.2. The smallest absolute Gasteiger partial charge is 0.191 e. The van der Waals surface area contributed by atoms with E-state index in [-0.39, 0.29) is 24.0 Å². The van der Waals surface area contributed by atoms with Crippen molar-refractivity contribution in [3.05, 3.63) is 22.4 Å². The van der Waals surface area contributed by atoms with Gasteiger partial charge in [-0.1, -0.05) is 18.9 Å². The van der Waals surface area contributed by atoms with Gasteiger partial charge in [0.05, 0.1) is 19.3 Å². The molecule has 1 atom stereocenters. The summed E-state index contributed by atoms with van der Waals surface area (Å²) in [6.45, 7) is 4.54. The van der Waals surface area contributed by atoms with Gasteiger partial charge in [0.2, 0.25) is 0 Å². The molecule has 0 aromatic carbocycles. The van der Waals surface area contributed by atoms with Crippen LogP contribution in [-0.4, -0.2) is 56.8 Å². The van der Waals surface area contributed by atoms with Crippen molar-refractivity contribution in [3.63, 3.8) is 0 Å². The summed E-state index contributed by atoms with van der Waals surface area (Å²) in [5, 5.41) is 9.27. The number of thiophene rings is 1. The Kier molecular flexibility index (Phi) is 8.79. The number of ether oxygens (including phenoxy) is 1. The van der Waals surface area contributed by atoms with Gasteiger partial charge in [0.15, 0.2) is 5.96 Å². The van der Waals surface area contributed by atoms with Gasteiger partial charge in [-0.2, -0.15) is 0 Å². The van der Waals surface area contributed by atoms with Crippen LogP contribution in [0.1, 0.15) is 36.6 Å². The van der Waals surface area contributed by atoms with Crippen molar-refractivity contribution < 1.29 is 4.74 Å². The summed E-state index contributed by atoms with van der Waals surface area (Å²) in [4.78, 5) is 8.34. The molecule has 3 rings (SSSR count). The Morgan fingerprint density at radius 1 is 1.38 bits per heavy atom. The number of halogens is 1. The largest absolute Gasteiger partial charge is 0.379 e. The Morgan fingerprint density at radius 2 is 2.12 bits per heavy atom. The van der Waals surface area contributed by atoms with Crippen molar-refractivity contribution in [2.24, 2.45) is 4.99 Å². The number of hydrogen-bond acceptors (Lipinski definition) is 4. The predicted molar refractivity (Wildman–Crippen MR) is 112 cm³/mol. The van der Waals surface area contributed by atoms with Gasteiger partial charge < -0.3 is 15.4 Å². The lowest BCUT2D eigenvalue weighted by Gasteiger charge is -2.34. The highest BCUT2D eigenvalue weighted by molar-refractivity contribution is 14.0. The number of aliphatic imine (C=N–C) groups is 1. The molecule has 1 saturated heterocycles. The molecule has 1 aromatic rings. The topological polar surface area (TPSA) is 48.9 Å². The van der Waals surface area contributed by atoms with Crippen LogP contribution in [0.25, 0.3) is 0 Å². The number of nitrogens with zero attached hydrogens (tertiary/aromatic N) is 2. The lowest BCUT2D eigenvalue weighted by Crippen LogP contribution is -2.47. The minimum Gasteiger partial charge on any atom is -0.379 e. The number of morpholine rings is 1. The van der Waals surface area contributed by atoms with Crippen molar-refractivity contribution >= 4 is 41.3 Å². The Balaban J connectivity index is 0.00000208. The first-order valence-electron chi connectivity index (χ1n) is 8.69. The van der Waals surface area contributed by atoms with E-state index < -0.39 is 0 Å². The van der Waals surface area contributed by atoms with Crippen molar-refractivity contribution in [3.8, 4) is 0 Å². The molecule has 2 fully saturated rings. The minimum atomic E-state index is 0. The average molecular weight is 464 g/mol. The summed E-state index contributed by atoms with van der Waals surface area (Å²) in [5.41, 5.74) is 0. The predicted octanol–water partition coefficient (Wildman–Crippen LogP) is 2.85. The number of guanidine groups is 1. The fourth-order valence-corrected chi connectivity index (χ4v) is 4.29. The molecule has 5 nitrogen and oxygen atoms in total. The van der Waals surface area contributed by atoms with E-state index in [1.807, 2.05) is 18.4 Å². The van der Waals surface area contributed by atoms with Crippen LogP contribution in [0.4, 0.5) is 0 Å². The first kappa shape index (κ1) is 19.9. The van der Waals surface area contributed by atoms with Gasteiger partial charge >= 0.3 is 0 Å². The Morgan fingerprint density at radius 3 is 2.75 bits per heavy atom. The molecule has 2 aliphatic rings. The van der Waals surface area contributed by atoms with Gasteiger partial charge in [0.1, 0.15) is 0 Å². The second kappa shape index (κ2) is 10.6. The first-order valence-corrected chi connectivity index (χ1v) is 9.57. The van der Waals surface area contributed by atoms with Gasteiger partial charge in [-0.25, -0.2) is 0 Å². The van der Waals surface area contributed by atoms with Crippen LogP contribution in [0.5, 0.6) is 0 Å². The van der Waals surface area contributed by atoms with Crippen LogP contribution in [-0.2, 0) is 4.74 Å². The van der Waals surface area contributed by atoms with E-state index in [2.05, 4.69) is 38.0 Å². The number of nitrogens with one attached hydrogen (secondary N) is 2. The molecule has 0 spiro atoms. The van der Waals surface area contributed by atoms with Crippen molar-refractivity contribution in [1.29, 1.82) is 0 Å². The van der Waals surface area contributed by atoms with Gasteiger partial charge in [0, 0.05) is 37.6 Å². The normalized spacial score (nSPS) is 21.3. The molecule has 0 amide bonds. The number of hydrogen-bond donors (Lipinski definition) is 2. The first-order chi connectivity index (χ1) is 11.4. The molecular formula is C17H29IN4OS. The lowest BCUT2D eigenvalue weighted by molar-refractivity contribution is 0.0177. The van der Waals surface area contributed by atoms with E-state index in [0.717, 1.165) is 38.8 Å². The standard InChI is InChI=1S/C17H28N4OS.HI/c1-18-17(20-14-5-2-3-6-14)19-13-15(16-7-4-12-23-16)21-8-10-22-11-9-21;/h4,7,12,14-15H,2-3,5-6,8-11,13H2,1H3,(H2,18,19,20);1H. The third-order valence-electron chi connectivity index (χ3n) is 4.74. The van der Waals surface area contributed by atoms with Crippen molar-refractivity contribution in [2.75, 3.05) is 39.9 Å². The minimum absolute atomic E-state index is 0. The quantitative estimate of drug-likeness (QED) is 0.400. The summed E-state index contributed by atoms with van der Waals surface area (Å²) in [6.07, 6.45) is 5.19. The van der Waals surface area contributed by atoms with Crippen LogP contribution in [0.15, 0.2) is 22.5 Å².